The molecule has 1 aromatic heterocycles. The maximum absolute atomic E-state index is 13.6. The minimum absolute atomic E-state index is 0.200. The number of hydrogen-bond acceptors (Lipinski definition) is 0. The van der Waals surface area contributed by atoms with Crippen molar-refractivity contribution < 1.29 is 4.39 Å². The average Bonchev–Trinajstić information content (AvgIpc) is 2.98. The quantitative estimate of drug-likeness (QED) is 0.393. The summed E-state index contributed by atoms with van der Waals surface area (Å²) < 4.78 is 16.2. The molecule has 0 aliphatic heterocycles. The van der Waals surface area contributed by atoms with Crippen LogP contribution < -0.4 is 0 Å². The van der Waals surface area contributed by atoms with Crippen LogP contribution in [0.2, 0.25) is 0 Å². The summed E-state index contributed by atoms with van der Waals surface area (Å²) >= 11 is 12.2. The lowest BCUT2D eigenvalue weighted by atomic mass is 9.95. The number of rotatable bonds is 5. The molecule has 1 nitrogen and oxygen atoms in total. The summed E-state index contributed by atoms with van der Waals surface area (Å²) in [4.78, 5) is 0. The zero-order valence-electron chi connectivity index (χ0n) is 16.5. The fourth-order valence-electron chi connectivity index (χ4n) is 3.80. The summed E-state index contributed by atoms with van der Waals surface area (Å²) in [7, 11) is 0. The zero-order chi connectivity index (χ0) is 20.4. The van der Waals surface area contributed by atoms with Crippen molar-refractivity contribution in [3.05, 3.63) is 76.2 Å². The van der Waals surface area contributed by atoms with Gasteiger partial charge < -0.3 is 4.57 Å². The van der Waals surface area contributed by atoms with Crippen molar-refractivity contribution in [3.63, 3.8) is 0 Å². The predicted octanol–water partition coefficient (Wildman–Crippen LogP) is 8.44. The van der Waals surface area contributed by atoms with E-state index in [4.69, 9.17) is 23.2 Å². The standard InChI is InChI=1S/C24H24Cl2FN/c1-15(2)23-20(14-21(25)26)22(17-10-12-19(27)13-11-17)24(28(23)16(3)4)18-8-6-5-7-9-18/h5-16H,1-4H3. The van der Waals surface area contributed by atoms with E-state index in [1.807, 2.05) is 36.4 Å². The Bertz CT molecular complexity index is 980. The Morgan fingerprint density at radius 1 is 0.893 bits per heavy atom. The van der Waals surface area contributed by atoms with Crippen LogP contribution in [-0.4, -0.2) is 4.57 Å². The van der Waals surface area contributed by atoms with E-state index in [0.717, 1.165) is 33.6 Å². The lowest BCUT2D eigenvalue weighted by Crippen LogP contribution is -2.09. The number of halogens is 3. The van der Waals surface area contributed by atoms with Crippen molar-refractivity contribution in [3.8, 4) is 22.4 Å². The van der Waals surface area contributed by atoms with Crippen LogP contribution in [0, 0.1) is 5.82 Å². The van der Waals surface area contributed by atoms with Crippen LogP contribution >= 0.6 is 23.2 Å². The number of hydrogen-bond donors (Lipinski definition) is 0. The van der Waals surface area contributed by atoms with E-state index >= 15 is 0 Å². The maximum atomic E-state index is 13.6. The van der Waals surface area contributed by atoms with E-state index in [0.29, 0.717) is 0 Å². The Kier molecular flexibility index (Phi) is 6.32. The van der Waals surface area contributed by atoms with Crippen LogP contribution in [0.25, 0.3) is 28.5 Å². The van der Waals surface area contributed by atoms with Crippen molar-refractivity contribution in [1.82, 2.24) is 4.57 Å². The molecule has 0 N–H and O–H groups in total. The van der Waals surface area contributed by atoms with Crippen molar-refractivity contribution in [1.29, 1.82) is 0 Å². The first-order valence-corrected chi connectivity index (χ1v) is 10.2. The molecule has 146 valence electrons. The molecule has 0 radical (unpaired) electrons. The van der Waals surface area contributed by atoms with Gasteiger partial charge in [0.1, 0.15) is 10.3 Å². The van der Waals surface area contributed by atoms with E-state index < -0.39 is 0 Å². The van der Waals surface area contributed by atoms with Crippen LogP contribution in [0.3, 0.4) is 0 Å². The minimum atomic E-state index is -0.259. The summed E-state index contributed by atoms with van der Waals surface area (Å²) in [5.74, 6) is -0.0113. The molecule has 28 heavy (non-hydrogen) atoms. The van der Waals surface area contributed by atoms with Gasteiger partial charge in [0.05, 0.1) is 5.69 Å². The molecule has 0 bridgehead atoms. The fraction of sp³-hybridized carbons (Fsp3) is 0.250. The smallest absolute Gasteiger partial charge is 0.123 e. The normalized spacial score (nSPS) is 11.3. The Balaban J connectivity index is 2.51. The third-order valence-corrected chi connectivity index (χ3v) is 5.00. The first kappa shape index (κ1) is 20.7. The fourth-order valence-corrected chi connectivity index (χ4v) is 4.01. The monoisotopic (exact) mass is 415 g/mol. The highest BCUT2D eigenvalue weighted by Crippen LogP contribution is 2.44. The second kappa shape index (κ2) is 8.55. The van der Waals surface area contributed by atoms with Gasteiger partial charge in [0.2, 0.25) is 0 Å². The first-order chi connectivity index (χ1) is 13.3. The number of nitrogens with zero attached hydrogens (tertiary/aromatic N) is 1. The average molecular weight is 416 g/mol. The molecule has 0 aliphatic carbocycles. The van der Waals surface area contributed by atoms with Gasteiger partial charge >= 0.3 is 0 Å². The van der Waals surface area contributed by atoms with Crippen LogP contribution in [0.4, 0.5) is 4.39 Å². The lowest BCUT2D eigenvalue weighted by molar-refractivity contribution is 0.565. The molecule has 0 amide bonds. The highest BCUT2D eigenvalue weighted by atomic mass is 35.5. The molecule has 0 unspecified atom stereocenters. The highest BCUT2D eigenvalue weighted by molar-refractivity contribution is 6.57. The van der Waals surface area contributed by atoms with E-state index in [1.165, 1.54) is 12.1 Å². The largest absolute Gasteiger partial charge is 0.341 e. The lowest BCUT2D eigenvalue weighted by Gasteiger charge is -2.20. The Hall–Kier alpha value is -2.03. The molecule has 0 saturated carbocycles. The first-order valence-electron chi connectivity index (χ1n) is 9.43. The van der Waals surface area contributed by atoms with Gasteiger partial charge in [-0.1, -0.05) is 79.5 Å². The van der Waals surface area contributed by atoms with Gasteiger partial charge in [0.25, 0.3) is 0 Å². The Morgan fingerprint density at radius 2 is 1.50 bits per heavy atom. The van der Waals surface area contributed by atoms with E-state index in [1.54, 1.807) is 0 Å². The molecule has 3 aromatic rings. The summed E-state index contributed by atoms with van der Waals surface area (Å²) in [5.41, 5.74) is 6.28. The number of benzene rings is 2. The summed E-state index contributed by atoms with van der Waals surface area (Å²) in [6.45, 7) is 8.67. The van der Waals surface area contributed by atoms with Crippen molar-refractivity contribution >= 4 is 29.3 Å². The molecule has 0 spiro atoms. The number of aromatic nitrogens is 1. The molecule has 0 saturated heterocycles. The predicted molar refractivity (Wildman–Crippen MR) is 119 cm³/mol. The molecule has 2 aromatic carbocycles. The van der Waals surface area contributed by atoms with Crippen molar-refractivity contribution in [2.24, 2.45) is 0 Å². The topological polar surface area (TPSA) is 4.93 Å². The van der Waals surface area contributed by atoms with Gasteiger partial charge in [-0.25, -0.2) is 4.39 Å². The van der Waals surface area contributed by atoms with Gasteiger partial charge in [-0.05, 0) is 49.1 Å². The molecule has 4 heteroatoms. The molecule has 0 aliphatic rings. The molecule has 3 rings (SSSR count). The van der Waals surface area contributed by atoms with E-state index in [9.17, 15) is 4.39 Å². The molecule has 0 atom stereocenters. The van der Waals surface area contributed by atoms with Gasteiger partial charge in [-0.3, -0.25) is 0 Å². The van der Waals surface area contributed by atoms with Gasteiger partial charge in [-0.2, -0.15) is 0 Å². The molecule has 1 heterocycles. The molecular formula is C24H24Cl2FN. The Morgan fingerprint density at radius 3 is 2.00 bits per heavy atom. The molecule has 0 fully saturated rings. The van der Waals surface area contributed by atoms with Gasteiger partial charge in [0.15, 0.2) is 0 Å². The summed E-state index contributed by atoms with van der Waals surface area (Å²) in [5, 5.41) is 0. The van der Waals surface area contributed by atoms with Gasteiger partial charge in [-0.15, -0.1) is 0 Å². The van der Waals surface area contributed by atoms with Crippen LogP contribution in [-0.2, 0) is 0 Å². The van der Waals surface area contributed by atoms with E-state index in [2.05, 4.69) is 44.4 Å². The zero-order valence-corrected chi connectivity index (χ0v) is 18.0. The summed E-state index contributed by atoms with van der Waals surface area (Å²) in [6, 6.07) is 17.1. The third kappa shape index (κ3) is 4.04. The van der Waals surface area contributed by atoms with Crippen molar-refractivity contribution in [2.75, 3.05) is 0 Å². The van der Waals surface area contributed by atoms with Crippen LogP contribution in [0.1, 0.15) is 50.9 Å². The second-order valence-corrected chi connectivity index (χ2v) is 8.46. The maximum Gasteiger partial charge on any atom is 0.123 e. The minimum Gasteiger partial charge on any atom is -0.341 e. The van der Waals surface area contributed by atoms with E-state index in [-0.39, 0.29) is 22.3 Å². The van der Waals surface area contributed by atoms with Crippen molar-refractivity contribution in [2.45, 2.75) is 39.7 Å². The van der Waals surface area contributed by atoms with Crippen LogP contribution in [0.5, 0.6) is 0 Å². The molecular weight excluding hydrogens is 392 g/mol. The summed E-state index contributed by atoms with van der Waals surface area (Å²) in [6.07, 6.45) is 1.81. The second-order valence-electron chi connectivity index (χ2n) is 7.45. The SMILES string of the molecule is CC(C)c1c(C=C(Cl)Cl)c(-c2ccc(F)cc2)c(-c2ccccc2)n1C(C)C. The van der Waals surface area contributed by atoms with Crippen LogP contribution in [0.15, 0.2) is 59.1 Å². The highest BCUT2D eigenvalue weighted by Gasteiger charge is 2.26. The van der Waals surface area contributed by atoms with Gasteiger partial charge in [0, 0.05) is 22.9 Å². The third-order valence-electron chi connectivity index (χ3n) is 4.78. The Labute approximate surface area is 176 Å².